The number of carbonyl (C=O) groups is 1. The van der Waals surface area contributed by atoms with E-state index in [4.69, 9.17) is 14.5 Å². The fourth-order valence-corrected chi connectivity index (χ4v) is 6.53. The number of benzene rings is 1. The summed E-state index contributed by atoms with van der Waals surface area (Å²) >= 11 is 0. The van der Waals surface area contributed by atoms with Gasteiger partial charge in [0.2, 0.25) is 0 Å². The van der Waals surface area contributed by atoms with Crippen LogP contribution < -0.4 is 9.47 Å². The van der Waals surface area contributed by atoms with Gasteiger partial charge >= 0.3 is 0 Å². The second-order valence-corrected chi connectivity index (χ2v) is 11.4. The van der Waals surface area contributed by atoms with Crippen molar-refractivity contribution in [2.75, 3.05) is 14.2 Å². The molecule has 0 unspecified atom stereocenters. The van der Waals surface area contributed by atoms with Crippen molar-refractivity contribution >= 4 is 11.9 Å². The molecule has 0 aliphatic heterocycles. The van der Waals surface area contributed by atoms with Gasteiger partial charge < -0.3 is 9.47 Å². The molecule has 0 amide bonds. The van der Waals surface area contributed by atoms with Crippen LogP contribution in [0.25, 0.3) is 6.08 Å². The van der Waals surface area contributed by atoms with Gasteiger partial charge in [0.25, 0.3) is 0 Å². The van der Waals surface area contributed by atoms with Gasteiger partial charge in [0.05, 0.1) is 14.2 Å². The molecule has 0 atom stereocenters. The van der Waals surface area contributed by atoms with Crippen LogP contribution >= 0.6 is 0 Å². The van der Waals surface area contributed by atoms with Crippen LogP contribution in [0.1, 0.15) is 106 Å². The Morgan fingerprint density at radius 1 is 0.947 bits per heavy atom. The van der Waals surface area contributed by atoms with Crippen LogP contribution in [0.15, 0.2) is 36.5 Å². The summed E-state index contributed by atoms with van der Waals surface area (Å²) in [5.41, 5.74) is 5.36. The standard InChI is InChI=1S/C34H47NO3/c1-37-33-22-10-18-29(34(33)38-2)17-3-5-19-30(36)20-9-13-26-11-7-14-27(15-8-12-26)25-32-31-21-6-4-16-28(31)23-24-35-32/h6,10,18,21-24,26-27H,3-5,7-9,11-17,19-20,25H2,1-2H3. The zero-order chi connectivity index (χ0) is 26.6. The molecule has 1 aromatic carbocycles. The molecule has 0 N–H and O–H groups in total. The minimum Gasteiger partial charge on any atom is -0.493 e. The fraction of sp³-hybridized carbons (Fsp3) is 0.588. The lowest BCUT2D eigenvalue weighted by molar-refractivity contribution is -0.119. The Kier molecular flexibility index (Phi) is 11.3. The molecular weight excluding hydrogens is 470 g/mol. The Balaban J connectivity index is 1.10. The average Bonchev–Trinajstić information content (AvgIpc) is 2.93. The Morgan fingerprint density at radius 3 is 2.53 bits per heavy atom. The average molecular weight is 518 g/mol. The Hall–Kier alpha value is -2.62. The molecule has 206 valence electrons. The number of nitrogens with zero attached hydrogens (tertiary/aromatic N) is 1. The number of pyridine rings is 1. The van der Waals surface area contributed by atoms with Gasteiger partial charge in [-0.05, 0) is 85.6 Å². The number of hydrogen-bond donors (Lipinski definition) is 0. The molecule has 4 rings (SSSR count). The number of Topliss-reactive ketones (excluding diaryl/α,β-unsaturated/α-hetero) is 1. The number of allylic oxidation sites excluding steroid dienone is 1. The van der Waals surface area contributed by atoms with Crippen molar-refractivity contribution in [3.63, 3.8) is 0 Å². The molecule has 1 saturated carbocycles. The summed E-state index contributed by atoms with van der Waals surface area (Å²) in [5, 5.41) is 0. The number of para-hydroxylation sites is 1. The SMILES string of the molecule is COc1cccc(CCCCC(=O)CCCC2CCCC(Cc3nccc4c3C=CCC4)CCC2)c1OC. The van der Waals surface area contributed by atoms with Gasteiger partial charge in [0.15, 0.2) is 11.5 Å². The third-order valence-corrected chi connectivity index (χ3v) is 8.66. The second kappa shape index (κ2) is 15.1. The quantitative estimate of drug-likeness (QED) is 0.251. The normalized spacial score (nSPS) is 19.3. The van der Waals surface area contributed by atoms with Gasteiger partial charge in [0, 0.05) is 24.7 Å². The summed E-state index contributed by atoms with van der Waals surface area (Å²) in [6.07, 6.45) is 24.6. The lowest BCUT2D eigenvalue weighted by atomic mass is 9.81. The van der Waals surface area contributed by atoms with Crippen molar-refractivity contribution in [3.05, 3.63) is 58.9 Å². The third-order valence-electron chi connectivity index (χ3n) is 8.66. The molecule has 4 nitrogen and oxygen atoms in total. The van der Waals surface area contributed by atoms with E-state index in [2.05, 4.69) is 24.3 Å². The van der Waals surface area contributed by atoms with Crippen LogP contribution in [-0.4, -0.2) is 25.0 Å². The van der Waals surface area contributed by atoms with E-state index in [1.807, 2.05) is 18.3 Å². The Bertz CT molecular complexity index is 1050. The van der Waals surface area contributed by atoms with E-state index in [1.54, 1.807) is 14.2 Å². The number of rotatable bonds is 13. The van der Waals surface area contributed by atoms with Crippen molar-refractivity contribution in [1.29, 1.82) is 0 Å². The predicted octanol–water partition coefficient (Wildman–Crippen LogP) is 8.34. The van der Waals surface area contributed by atoms with Gasteiger partial charge in [-0.15, -0.1) is 0 Å². The lowest BCUT2D eigenvalue weighted by Crippen LogP contribution is -2.14. The smallest absolute Gasteiger partial charge is 0.163 e. The van der Waals surface area contributed by atoms with Crippen molar-refractivity contribution in [3.8, 4) is 11.5 Å². The second-order valence-electron chi connectivity index (χ2n) is 11.4. The summed E-state index contributed by atoms with van der Waals surface area (Å²) in [4.78, 5) is 17.3. The first-order valence-corrected chi connectivity index (χ1v) is 15.0. The van der Waals surface area contributed by atoms with Crippen LogP contribution in [0.3, 0.4) is 0 Å². The molecular formula is C34H47NO3. The number of ether oxygens (including phenoxy) is 2. The van der Waals surface area contributed by atoms with Gasteiger partial charge in [0.1, 0.15) is 5.78 Å². The van der Waals surface area contributed by atoms with Gasteiger partial charge in [-0.1, -0.05) is 69.2 Å². The number of carbonyl (C=O) groups excluding carboxylic acids is 1. The number of fused-ring (bicyclic) bond motifs is 1. The van der Waals surface area contributed by atoms with Crippen LogP contribution in [-0.2, 0) is 24.1 Å². The summed E-state index contributed by atoms with van der Waals surface area (Å²) in [6, 6.07) is 8.22. The van der Waals surface area contributed by atoms with E-state index in [0.29, 0.717) is 12.2 Å². The molecule has 2 aromatic rings. The number of ketones is 1. The number of methoxy groups -OCH3 is 2. The van der Waals surface area contributed by atoms with Crippen LogP contribution in [0.2, 0.25) is 0 Å². The monoisotopic (exact) mass is 517 g/mol. The van der Waals surface area contributed by atoms with Crippen LogP contribution in [0.5, 0.6) is 11.5 Å². The highest BCUT2D eigenvalue weighted by molar-refractivity contribution is 5.78. The molecule has 38 heavy (non-hydrogen) atoms. The largest absolute Gasteiger partial charge is 0.493 e. The summed E-state index contributed by atoms with van der Waals surface area (Å²) in [5.74, 6) is 3.59. The van der Waals surface area contributed by atoms with Crippen molar-refractivity contribution in [1.82, 2.24) is 4.98 Å². The number of unbranched alkanes of at least 4 members (excludes halogenated alkanes) is 1. The number of hydrogen-bond acceptors (Lipinski definition) is 4. The Morgan fingerprint density at radius 2 is 1.74 bits per heavy atom. The van der Waals surface area contributed by atoms with E-state index in [0.717, 1.165) is 80.3 Å². The maximum atomic E-state index is 12.5. The van der Waals surface area contributed by atoms with Gasteiger partial charge in [-0.2, -0.15) is 0 Å². The van der Waals surface area contributed by atoms with Crippen LogP contribution in [0, 0.1) is 11.8 Å². The highest BCUT2D eigenvalue weighted by Crippen LogP contribution is 2.33. The number of aryl methyl sites for hydroxylation is 2. The molecule has 0 radical (unpaired) electrons. The molecule has 4 heteroatoms. The molecule has 2 aliphatic carbocycles. The number of aromatic nitrogens is 1. The van der Waals surface area contributed by atoms with Crippen molar-refractivity contribution < 1.29 is 14.3 Å². The minimum atomic E-state index is 0.432. The molecule has 0 bridgehead atoms. The van der Waals surface area contributed by atoms with Gasteiger partial charge in [-0.25, -0.2) is 0 Å². The first-order valence-electron chi connectivity index (χ1n) is 15.0. The van der Waals surface area contributed by atoms with Crippen molar-refractivity contribution in [2.45, 2.75) is 103 Å². The van der Waals surface area contributed by atoms with E-state index in [-0.39, 0.29) is 0 Å². The van der Waals surface area contributed by atoms with Crippen LogP contribution in [0.4, 0.5) is 0 Å². The minimum absolute atomic E-state index is 0.432. The van der Waals surface area contributed by atoms with Crippen molar-refractivity contribution in [2.24, 2.45) is 11.8 Å². The fourth-order valence-electron chi connectivity index (χ4n) is 6.53. The van der Waals surface area contributed by atoms with E-state index >= 15 is 0 Å². The van der Waals surface area contributed by atoms with E-state index in [1.165, 1.54) is 61.8 Å². The molecule has 0 spiro atoms. The maximum Gasteiger partial charge on any atom is 0.163 e. The van der Waals surface area contributed by atoms with E-state index < -0.39 is 0 Å². The predicted molar refractivity (Wildman–Crippen MR) is 156 cm³/mol. The highest BCUT2D eigenvalue weighted by atomic mass is 16.5. The first-order chi connectivity index (χ1) is 18.7. The Labute approximate surface area is 230 Å². The zero-order valence-electron chi connectivity index (χ0n) is 23.7. The highest BCUT2D eigenvalue weighted by Gasteiger charge is 2.20. The maximum absolute atomic E-state index is 12.5. The lowest BCUT2D eigenvalue weighted by Gasteiger charge is -2.25. The third kappa shape index (κ3) is 8.19. The molecule has 1 aromatic heterocycles. The molecule has 2 aliphatic rings. The molecule has 1 heterocycles. The zero-order valence-corrected chi connectivity index (χ0v) is 23.7. The summed E-state index contributed by atoms with van der Waals surface area (Å²) in [6.45, 7) is 0. The summed E-state index contributed by atoms with van der Waals surface area (Å²) in [7, 11) is 3.35. The molecule has 0 saturated heterocycles. The van der Waals surface area contributed by atoms with Gasteiger partial charge in [-0.3, -0.25) is 9.78 Å². The topological polar surface area (TPSA) is 48.4 Å². The molecule has 1 fully saturated rings. The summed E-state index contributed by atoms with van der Waals surface area (Å²) < 4.78 is 10.9. The first kappa shape index (κ1) is 28.4. The van der Waals surface area contributed by atoms with E-state index in [9.17, 15) is 4.79 Å².